The standard InChI is InChI=1S/C13H11ClF2N4O3S/c1-7-9(6-17)12(18-20(7)2)19-24(21,22)8-3-4-11(10(14)5-8)23-13(15)16/h3-5,13H,1-2H3,(H,18,19). The molecule has 0 aliphatic heterocycles. The van der Waals surface area contributed by atoms with Crippen LogP contribution in [-0.2, 0) is 17.1 Å². The smallest absolute Gasteiger partial charge is 0.387 e. The van der Waals surface area contributed by atoms with Crippen molar-refractivity contribution in [2.24, 2.45) is 7.05 Å². The molecule has 7 nitrogen and oxygen atoms in total. The van der Waals surface area contributed by atoms with Gasteiger partial charge >= 0.3 is 6.61 Å². The number of anilines is 1. The van der Waals surface area contributed by atoms with Crippen molar-refractivity contribution in [1.29, 1.82) is 5.26 Å². The van der Waals surface area contributed by atoms with E-state index >= 15 is 0 Å². The molecule has 0 aliphatic rings. The summed E-state index contributed by atoms with van der Waals surface area (Å²) in [5, 5.41) is 12.7. The third-order valence-corrected chi connectivity index (χ3v) is 4.74. The Morgan fingerprint density at radius 1 is 1.46 bits per heavy atom. The lowest BCUT2D eigenvalue weighted by Crippen LogP contribution is -2.14. The molecule has 1 aromatic heterocycles. The van der Waals surface area contributed by atoms with Gasteiger partial charge in [0.05, 0.1) is 15.6 Å². The topological polar surface area (TPSA) is 97.0 Å². The summed E-state index contributed by atoms with van der Waals surface area (Å²) in [6.07, 6.45) is 0. The number of benzene rings is 1. The summed E-state index contributed by atoms with van der Waals surface area (Å²) < 4.78 is 56.8. The second-order valence-corrected chi connectivity index (χ2v) is 6.71. The number of nitriles is 1. The summed E-state index contributed by atoms with van der Waals surface area (Å²) >= 11 is 5.75. The fourth-order valence-corrected chi connectivity index (χ4v) is 3.17. The van der Waals surface area contributed by atoms with Crippen molar-refractivity contribution < 1.29 is 21.9 Å². The number of alkyl halides is 2. The summed E-state index contributed by atoms with van der Waals surface area (Å²) in [6.45, 7) is -1.48. The SMILES string of the molecule is Cc1c(C#N)c(NS(=O)(=O)c2ccc(OC(F)F)c(Cl)c2)nn1C. The van der Waals surface area contributed by atoms with E-state index in [1.54, 1.807) is 14.0 Å². The molecule has 0 radical (unpaired) electrons. The highest BCUT2D eigenvalue weighted by Gasteiger charge is 2.22. The number of hydrogen-bond donors (Lipinski definition) is 1. The number of nitrogens with zero attached hydrogens (tertiary/aromatic N) is 3. The fraction of sp³-hybridized carbons (Fsp3) is 0.231. The summed E-state index contributed by atoms with van der Waals surface area (Å²) in [5.41, 5.74) is 0.554. The van der Waals surface area contributed by atoms with Gasteiger partial charge in [0.1, 0.15) is 17.4 Å². The first-order valence-electron chi connectivity index (χ1n) is 6.36. The molecule has 128 valence electrons. The zero-order valence-corrected chi connectivity index (χ0v) is 14.0. The van der Waals surface area contributed by atoms with Crippen molar-refractivity contribution in [2.45, 2.75) is 18.4 Å². The molecule has 0 spiro atoms. The lowest BCUT2D eigenvalue weighted by Gasteiger charge is -2.09. The van der Waals surface area contributed by atoms with E-state index in [2.05, 4.69) is 14.6 Å². The fourth-order valence-electron chi connectivity index (χ4n) is 1.84. The molecule has 0 amide bonds. The van der Waals surface area contributed by atoms with Crippen molar-refractivity contribution in [1.82, 2.24) is 9.78 Å². The zero-order chi connectivity index (χ0) is 18.1. The van der Waals surface area contributed by atoms with Crippen molar-refractivity contribution in [3.63, 3.8) is 0 Å². The second-order valence-electron chi connectivity index (χ2n) is 4.62. The van der Waals surface area contributed by atoms with Crippen LogP contribution >= 0.6 is 11.6 Å². The Labute approximate surface area is 141 Å². The quantitative estimate of drug-likeness (QED) is 0.865. The average Bonchev–Trinajstić information content (AvgIpc) is 2.74. The van der Waals surface area contributed by atoms with Crippen LogP contribution in [0.15, 0.2) is 23.1 Å². The molecular weight excluding hydrogens is 366 g/mol. The van der Waals surface area contributed by atoms with Gasteiger partial charge in [-0.1, -0.05) is 11.6 Å². The Hall–Kier alpha value is -2.38. The lowest BCUT2D eigenvalue weighted by molar-refractivity contribution is -0.0498. The highest BCUT2D eigenvalue weighted by molar-refractivity contribution is 7.92. The maximum Gasteiger partial charge on any atom is 0.387 e. The van der Waals surface area contributed by atoms with Crippen molar-refractivity contribution in [2.75, 3.05) is 4.72 Å². The number of rotatable bonds is 5. The van der Waals surface area contributed by atoms with Crippen LogP contribution in [0.25, 0.3) is 0 Å². The van der Waals surface area contributed by atoms with Gasteiger partial charge in [0.2, 0.25) is 0 Å². The third kappa shape index (κ3) is 3.58. The maximum atomic E-state index is 12.4. The molecule has 0 saturated carbocycles. The number of ether oxygens (including phenoxy) is 1. The lowest BCUT2D eigenvalue weighted by atomic mass is 10.3. The normalized spacial score (nSPS) is 11.4. The van der Waals surface area contributed by atoms with Crippen LogP contribution in [0.5, 0.6) is 5.75 Å². The van der Waals surface area contributed by atoms with Gasteiger partial charge in [0, 0.05) is 7.05 Å². The molecule has 0 aliphatic carbocycles. The highest BCUT2D eigenvalue weighted by Crippen LogP contribution is 2.29. The van der Waals surface area contributed by atoms with Gasteiger partial charge in [0.15, 0.2) is 5.82 Å². The minimum atomic E-state index is -4.12. The van der Waals surface area contributed by atoms with E-state index in [-0.39, 0.29) is 27.0 Å². The van der Waals surface area contributed by atoms with Crippen LogP contribution < -0.4 is 9.46 Å². The first-order valence-corrected chi connectivity index (χ1v) is 8.22. The van der Waals surface area contributed by atoms with Gasteiger partial charge in [-0.15, -0.1) is 0 Å². The van der Waals surface area contributed by atoms with E-state index in [1.165, 1.54) is 4.68 Å². The van der Waals surface area contributed by atoms with Gasteiger partial charge in [-0.25, -0.2) is 8.42 Å². The molecule has 0 fully saturated rings. The van der Waals surface area contributed by atoms with Gasteiger partial charge < -0.3 is 4.74 Å². The summed E-state index contributed by atoms with van der Waals surface area (Å²) in [6, 6.07) is 4.88. The first kappa shape index (κ1) is 18.0. The Balaban J connectivity index is 2.37. The number of nitrogens with one attached hydrogen (secondary N) is 1. The molecular formula is C13H11ClF2N4O3S. The van der Waals surface area contributed by atoms with Gasteiger partial charge in [-0.3, -0.25) is 9.40 Å². The number of sulfonamides is 1. The third-order valence-electron chi connectivity index (χ3n) is 3.11. The maximum absolute atomic E-state index is 12.4. The summed E-state index contributed by atoms with van der Waals surface area (Å²) in [4.78, 5) is -0.290. The molecule has 1 N–H and O–H groups in total. The van der Waals surface area contributed by atoms with E-state index < -0.39 is 16.6 Å². The molecule has 1 heterocycles. The van der Waals surface area contributed by atoms with E-state index in [9.17, 15) is 17.2 Å². The van der Waals surface area contributed by atoms with Crippen LogP contribution in [0.2, 0.25) is 5.02 Å². The van der Waals surface area contributed by atoms with E-state index in [0.717, 1.165) is 18.2 Å². The Morgan fingerprint density at radius 2 is 2.12 bits per heavy atom. The number of halogens is 3. The van der Waals surface area contributed by atoms with Crippen molar-refractivity contribution in [3.05, 3.63) is 34.5 Å². The predicted octanol–water partition coefficient (Wildman–Crippen LogP) is 2.66. The number of aromatic nitrogens is 2. The Kier molecular flexibility index (Phi) is 4.96. The Morgan fingerprint density at radius 3 is 2.67 bits per heavy atom. The predicted molar refractivity (Wildman–Crippen MR) is 81.6 cm³/mol. The minimum Gasteiger partial charge on any atom is -0.433 e. The molecule has 0 unspecified atom stereocenters. The van der Waals surface area contributed by atoms with Crippen LogP contribution in [-0.4, -0.2) is 24.8 Å². The van der Waals surface area contributed by atoms with Crippen LogP contribution in [0.1, 0.15) is 11.3 Å². The van der Waals surface area contributed by atoms with E-state index in [4.69, 9.17) is 16.9 Å². The minimum absolute atomic E-state index is 0.0739. The molecule has 1 aromatic carbocycles. The molecule has 11 heteroatoms. The number of aryl methyl sites for hydroxylation is 1. The average molecular weight is 377 g/mol. The monoisotopic (exact) mass is 376 g/mol. The van der Waals surface area contributed by atoms with Crippen LogP contribution in [0, 0.1) is 18.3 Å². The van der Waals surface area contributed by atoms with Gasteiger partial charge in [-0.05, 0) is 25.1 Å². The molecule has 0 bridgehead atoms. The van der Waals surface area contributed by atoms with Crippen LogP contribution in [0.4, 0.5) is 14.6 Å². The summed E-state index contributed by atoms with van der Waals surface area (Å²) in [5.74, 6) is -0.487. The zero-order valence-electron chi connectivity index (χ0n) is 12.4. The van der Waals surface area contributed by atoms with Gasteiger partial charge in [-0.2, -0.15) is 19.1 Å². The molecule has 2 aromatic rings. The Bertz CT molecular complexity index is 922. The molecule has 0 atom stereocenters. The van der Waals surface area contributed by atoms with Crippen LogP contribution in [0.3, 0.4) is 0 Å². The summed E-state index contributed by atoms with van der Waals surface area (Å²) in [7, 11) is -2.56. The first-order chi connectivity index (χ1) is 11.2. The van der Waals surface area contributed by atoms with Gasteiger partial charge in [0.25, 0.3) is 10.0 Å². The number of hydrogen-bond acceptors (Lipinski definition) is 5. The second kappa shape index (κ2) is 6.62. The molecule has 2 rings (SSSR count). The largest absolute Gasteiger partial charge is 0.433 e. The highest BCUT2D eigenvalue weighted by atomic mass is 35.5. The molecule has 24 heavy (non-hydrogen) atoms. The van der Waals surface area contributed by atoms with E-state index in [1.807, 2.05) is 6.07 Å². The molecule has 0 saturated heterocycles. The van der Waals surface area contributed by atoms with E-state index in [0.29, 0.717) is 5.69 Å². The van der Waals surface area contributed by atoms with Crippen molar-refractivity contribution >= 4 is 27.4 Å². The van der Waals surface area contributed by atoms with Crippen molar-refractivity contribution in [3.8, 4) is 11.8 Å².